The number of amides is 1. The number of rotatable bonds is 3. The van der Waals surface area contributed by atoms with Crippen LogP contribution in [0.5, 0.6) is 0 Å². The highest BCUT2D eigenvalue weighted by Crippen LogP contribution is 2.21. The zero-order chi connectivity index (χ0) is 11.7. The van der Waals surface area contributed by atoms with Crippen molar-refractivity contribution in [1.29, 1.82) is 0 Å². The summed E-state index contributed by atoms with van der Waals surface area (Å²) in [7, 11) is 0. The van der Waals surface area contributed by atoms with Crippen molar-refractivity contribution in [2.75, 3.05) is 0 Å². The number of fused-ring (bicyclic) bond motifs is 1. The molecule has 1 heterocycles. The van der Waals surface area contributed by atoms with Crippen LogP contribution in [0, 0.1) is 5.92 Å². The van der Waals surface area contributed by atoms with Gasteiger partial charge in [0.2, 0.25) is 0 Å². The van der Waals surface area contributed by atoms with Crippen LogP contribution in [0.1, 0.15) is 29.8 Å². The first-order valence-corrected chi connectivity index (χ1v) is 5.27. The maximum Gasteiger partial charge on any atom is 0.250 e. The van der Waals surface area contributed by atoms with Crippen LogP contribution in [0.4, 0.5) is 0 Å². The van der Waals surface area contributed by atoms with Gasteiger partial charge >= 0.3 is 0 Å². The Morgan fingerprint density at radius 1 is 1.38 bits per heavy atom. The summed E-state index contributed by atoms with van der Waals surface area (Å²) in [5.41, 5.74) is 8.03. The number of primary amides is 1. The molecular weight excluding hydrogens is 200 g/mol. The number of nitrogens with one attached hydrogen (secondary N) is 1. The van der Waals surface area contributed by atoms with Crippen LogP contribution in [-0.2, 0) is 6.42 Å². The van der Waals surface area contributed by atoms with Gasteiger partial charge < -0.3 is 10.7 Å². The Labute approximate surface area is 94.6 Å². The average Bonchev–Trinajstić information content (AvgIpc) is 2.59. The molecule has 3 nitrogen and oxygen atoms in total. The quantitative estimate of drug-likeness (QED) is 0.811. The van der Waals surface area contributed by atoms with E-state index >= 15 is 0 Å². The number of benzene rings is 1. The van der Waals surface area contributed by atoms with E-state index in [1.54, 1.807) is 6.20 Å². The van der Waals surface area contributed by atoms with Gasteiger partial charge in [-0.15, -0.1) is 0 Å². The Bertz CT molecular complexity index is 526. The van der Waals surface area contributed by atoms with Crippen molar-refractivity contribution in [2.45, 2.75) is 20.3 Å². The Kier molecular flexibility index (Phi) is 2.69. The number of nitrogens with two attached hydrogens (primary N) is 1. The van der Waals surface area contributed by atoms with Gasteiger partial charge in [-0.2, -0.15) is 0 Å². The fourth-order valence-corrected chi connectivity index (χ4v) is 1.89. The second kappa shape index (κ2) is 4.00. The largest absolute Gasteiger partial charge is 0.366 e. The van der Waals surface area contributed by atoms with Crippen LogP contribution >= 0.6 is 0 Å². The first-order valence-electron chi connectivity index (χ1n) is 5.27. The van der Waals surface area contributed by atoms with Crippen molar-refractivity contribution in [2.24, 2.45) is 5.73 Å². The van der Waals surface area contributed by atoms with Gasteiger partial charge in [-0.1, -0.05) is 19.9 Å². The van der Waals surface area contributed by atoms with E-state index in [1.165, 1.54) is 11.5 Å². The minimum absolute atomic E-state index is 0.388. The molecule has 1 aromatic heterocycles. The lowest BCUT2D eigenvalue weighted by Gasteiger charge is -2.04. The average molecular weight is 215 g/mol. The van der Waals surface area contributed by atoms with Gasteiger partial charge in [0, 0.05) is 17.1 Å². The summed E-state index contributed by atoms with van der Waals surface area (Å²) >= 11 is 0. The molecule has 0 aliphatic rings. The van der Waals surface area contributed by atoms with Crippen LogP contribution in [0.25, 0.3) is 10.9 Å². The van der Waals surface area contributed by atoms with E-state index in [0.717, 1.165) is 17.3 Å². The molecule has 16 heavy (non-hydrogen) atoms. The van der Waals surface area contributed by atoms with Gasteiger partial charge in [0.15, 0.2) is 0 Å². The zero-order valence-electron chi connectivity index (χ0n) is 9.50. The van der Waals surface area contributed by atoms with Crippen molar-refractivity contribution in [1.82, 2.24) is 4.98 Å². The predicted molar refractivity (Wildman–Crippen MR) is 65.1 cm³/mol. The molecule has 0 saturated heterocycles. The van der Waals surface area contributed by atoms with E-state index in [4.69, 9.17) is 5.73 Å². The summed E-state index contributed by atoms with van der Waals surface area (Å²) in [6, 6.07) is 6.08. The lowest BCUT2D eigenvalue weighted by molar-refractivity contribution is 0.100. The molecule has 0 bridgehead atoms. The SMILES string of the molecule is C[C](C)Cc1ccc2[nH]cc(C(N)=O)c2c1. The van der Waals surface area contributed by atoms with Gasteiger partial charge in [0.25, 0.3) is 5.91 Å². The monoisotopic (exact) mass is 215 g/mol. The first kappa shape index (κ1) is 10.7. The van der Waals surface area contributed by atoms with Gasteiger partial charge in [-0.25, -0.2) is 0 Å². The third-order valence-electron chi connectivity index (χ3n) is 2.57. The Balaban J connectivity index is 2.50. The Morgan fingerprint density at radius 3 is 2.75 bits per heavy atom. The summed E-state index contributed by atoms with van der Waals surface area (Å²) in [5, 5.41) is 0.909. The van der Waals surface area contributed by atoms with E-state index in [0.29, 0.717) is 5.56 Å². The van der Waals surface area contributed by atoms with Crippen molar-refractivity contribution in [3.05, 3.63) is 41.4 Å². The summed E-state index contributed by atoms with van der Waals surface area (Å²) in [6.45, 7) is 4.19. The summed E-state index contributed by atoms with van der Waals surface area (Å²) in [4.78, 5) is 14.2. The highest BCUT2D eigenvalue weighted by Gasteiger charge is 2.09. The second-order valence-corrected chi connectivity index (χ2v) is 4.33. The van der Waals surface area contributed by atoms with E-state index in [-0.39, 0.29) is 5.91 Å². The van der Waals surface area contributed by atoms with E-state index in [2.05, 4.69) is 24.9 Å². The maximum absolute atomic E-state index is 11.2. The van der Waals surface area contributed by atoms with Crippen LogP contribution < -0.4 is 5.73 Å². The Hall–Kier alpha value is -1.77. The van der Waals surface area contributed by atoms with Crippen molar-refractivity contribution in [3.63, 3.8) is 0 Å². The number of aromatic amines is 1. The molecule has 3 N–H and O–H groups in total. The van der Waals surface area contributed by atoms with Gasteiger partial charge in [0.05, 0.1) is 5.56 Å². The van der Waals surface area contributed by atoms with E-state index in [9.17, 15) is 4.79 Å². The highest BCUT2D eigenvalue weighted by molar-refractivity contribution is 6.06. The van der Waals surface area contributed by atoms with Crippen molar-refractivity contribution in [3.8, 4) is 0 Å². The number of carbonyl (C=O) groups excluding carboxylic acids is 1. The fourth-order valence-electron chi connectivity index (χ4n) is 1.89. The molecule has 0 spiro atoms. The minimum atomic E-state index is -0.388. The molecule has 0 aliphatic heterocycles. The zero-order valence-corrected chi connectivity index (χ0v) is 9.50. The summed E-state index contributed by atoms with van der Waals surface area (Å²) in [5.74, 6) is 0.955. The topological polar surface area (TPSA) is 58.9 Å². The van der Waals surface area contributed by atoms with Gasteiger partial charge in [-0.05, 0) is 30.0 Å². The summed E-state index contributed by atoms with van der Waals surface area (Å²) in [6.07, 6.45) is 2.60. The summed E-state index contributed by atoms with van der Waals surface area (Å²) < 4.78 is 0. The van der Waals surface area contributed by atoms with E-state index in [1.807, 2.05) is 12.1 Å². The molecule has 0 saturated carbocycles. The number of hydrogen-bond acceptors (Lipinski definition) is 1. The van der Waals surface area contributed by atoms with Crippen molar-refractivity contribution < 1.29 is 4.79 Å². The van der Waals surface area contributed by atoms with Gasteiger partial charge in [0.1, 0.15) is 0 Å². The molecule has 1 radical (unpaired) electrons. The molecule has 0 aliphatic carbocycles. The Morgan fingerprint density at radius 2 is 2.12 bits per heavy atom. The molecule has 0 fully saturated rings. The molecule has 1 amide bonds. The molecule has 3 heteroatoms. The van der Waals surface area contributed by atoms with Crippen LogP contribution in [0.2, 0.25) is 0 Å². The normalized spacial score (nSPS) is 11.2. The predicted octanol–water partition coefficient (Wildman–Crippen LogP) is 2.42. The number of hydrogen-bond donors (Lipinski definition) is 2. The standard InChI is InChI=1S/C13H15N2O/c1-8(2)5-9-3-4-12-10(6-9)11(7-15-12)13(14)16/h3-4,6-7,15H,5H2,1-2H3,(H2,14,16). The highest BCUT2D eigenvalue weighted by atomic mass is 16.1. The fraction of sp³-hybridized carbons (Fsp3) is 0.231. The smallest absolute Gasteiger partial charge is 0.250 e. The number of H-pyrrole nitrogens is 1. The second-order valence-electron chi connectivity index (χ2n) is 4.33. The number of carbonyl (C=O) groups is 1. The maximum atomic E-state index is 11.2. The minimum Gasteiger partial charge on any atom is -0.366 e. The third-order valence-corrected chi connectivity index (χ3v) is 2.57. The molecule has 2 rings (SSSR count). The van der Waals surface area contributed by atoms with Crippen LogP contribution in [-0.4, -0.2) is 10.9 Å². The van der Waals surface area contributed by atoms with Crippen molar-refractivity contribution >= 4 is 16.8 Å². The lowest BCUT2D eigenvalue weighted by atomic mass is 10.0. The number of aromatic nitrogens is 1. The molecule has 1 aromatic carbocycles. The first-order chi connectivity index (χ1) is 7.58. The van der Waals surface area contributed by atoms with Crippen LogP contribution in [0.15, 0.2) is 24.4 Å². The molecule has 0 unspecified atom stereocenters. The third kappa shape index (κ3) is 1.94. The molecular formula is C13H15N2O. The van der Waals surface area contributed by atoms with Crippen LogP contribution in [0.3, 0.4) is 0 Å². The van der Waals surface area contributed by atoms with Gasteiger partial charge in [-0.3, -0.25) is 4.79 Å². The molecule has 83 valence electrons. The van der Waals surface area contributed by atoms with E-state index < -0.39 is 0 Å². The molecule has 0 atom stereocenters. The lowest BCUT2D eigenvalue weighted by Crippen LogP contribution is -2.09. The molecule has 2 aromatic rings.